The minimum absolute atomic E-state index is 0.0806. The third-order valence-electron chi connectivity index (χ3n) is 6.68. The van der Waals surface area contributed by atoms with Crippen LogP contribution in [0.4, 0.5) is 4.79 Å². The van der Waals surface area contributed by atoms with Crippen LogP contribution < -0.4 is 4.74 Å². The number of amides is 1. The van der Waals surface area contributed by atoms with E-state index in [1.54, 1.807) is 7.11 Å². The average Bonchev–Trinajstić information content (AvgIpc) is 3.33. The molecule has 2 aromatic heterocycles. The highest BCUT2D eigenvalue weighted by atomic mass is 16.6. The van der Waals surface area contributed by atoms with Crippen molar-refractivity contribution in [2.75, 3.05) is 20.2 Å². The van der Waals surface area contributed by atoms with Crippen LogP contribution in [0.1, 0.15) is 45.7 Å². The van der Waals surface area contributed by atoms with Crippen molar-refractivity contribution in [2.45, 2.75) is 57.6 Å². The van der Waals surface area contributed by atoms with Crippen molar-refractivity contribution in [3.63, 3.8) is 0 Å². The van der Waals surface area contributed by atoms with Crippen LogP contribution in [0.5, 0.6) is 5.75 Å². The molecule has 0 radical (unpaired) electrons. The number of nitrogens with zero attached hydrogens (tertiary/aromatic N) is 4. The van der Waals surface area contributed by atoms with Gasteiger partial charge in [0.05, 0.1) is 18.3 Å². The molecule has 1 aromatic carbocycles. The third-order valence-corrected chi connectivity index (χ3v) is 6.68. The number of rotatable bonds is 2. The zero-order valence-electron chi connectivity index (χ0n) is 19.2. The summed E-state index contributed by atoms with van der Waals surface area (Å²) < 4.78 is 13.1. The topological polar surface area (TPSA) is 69.5 Å². The fourth-order valence-corrected chi connectivity index (χ4v) is 4.93. The van der Waals surface area contributed by atoms with E-state index in [2.05, 4.69) is 21.8 Å². The molecular formula is C25H30N4O3. The molecule has 7 nitrogen and oxygen atoms in total. The molecule has 1 fully saturated rings. The lowest BCUT2D eigenvalue weighted by molar-refractivity contribution is 0.0164. The lowest BCUT2D eigenvalue weighted by Gasteiger charge is -2.39. The van der Waals surface area contributed by atoms with Gasteiger partial charge in [-0.1, -0.05) is 0 Å². The van der Waals surface area contributed by atoms with Gasteiger partial charge in [-0.3, -0.25) is 9.67 Å². The number of aryl methyl sites for hydroxylation is 1. The molecule has 7 heteroatoms. The van der Waals surface area contributed by atoms with Crippen molar-refractivity contribution in [3.05, 3.63) is 42.2 Å². The molecule has 1 saturated heterocycles. The van der Waals surface area contributed by atoms with E-state index in [0.717, 1.165) is 53.7 Å². The predicted octanol–water partition coefficient (Wildman–Crippen LogP) is 4.78. The number of hydrogen-bond acceptors (Lipinski definition) is 5. The highest BCUT2D eigenvalue weighted by molar-refractivity contribution is 5.84. The number of carbonyl (C=O) groups is 1. The highest BCUT2D eigenvalue weighted by Crippen LogP contribution is 2.44. The second-order valence-corrected chi connectivity index (χ2v) is 9.92. The first-order valence-corrected chi connectivity index (χ1v) is 11.3. The van der Waals surface area contributed by atoms with E-state index in [0.29, 0.717) is 13.1 Å². The lowest BCUT2D eigenvalue weighted by atomic mass is 9.75. The number of methoxy groups -OCH3 is 1. The van der Waals surface area contributed by atoms with Gasteiger partial charge < -0.3 is 14.4 Å². The Morgan fingerprint density at radius 1 is 1.06 bits per heavy atom. The molecule has 0 saturated carbocycles. The Morgan fingerprint density at radius 3 is 2.53 bits per heavy atom. The van der Waals surface area contributed by atoms with Crippen LogP contribution >= 0.6 is 0 Å². The van der Waals surface area contributed by atoms with Gasteiger partial charge in [0.25, 0.3) is 0 Å². The van der Waals surface area contributed by atoms with E-state index in [1.807, 2.05) is 50.1 Å². The van der Waals surface area contributed by atoms with Crippen LogP contribution in [0, 0.1) is 0 Å². The van der Waals surface area contributed by atoms with Crippen LogP contribution in [0.3, 0.4) is 0 Å². The van der Waals surface area contributed by atoms with E-state index >= 15 is 0 Å². The third kappa shape index (κ3) is 3.70. The number of ether oxygens (including phenoxy) is 2. The van der Waals surface area contributed by atoms with Crippen LogP contribution in [0.25, 0.3) is 22.2 Å². The molecule has 2 aliphatic heterocycles. The fourth-order valence-electron chi connectivity index (χ4n) is 4.93. The number of benzene rings is 1. The van der Waals surface area contributed by atoms with E-state index in [-0.39, 0.29) is 11.5 Å². The molecule has 0 bridgehead atoms. The maximum absolute atomic E-state index is 12.5. The molecule has 1 spiro atoms. The predicted molar refractivity (Wildman–Crippen MR) is 123 cm³/mol. The lowest BCUT2D eigenvalue weighted by Crippen LogP contribution is -2.46. The van der Waals surface area contributed by atoms with Gasteiger partial charge in [-0.15, -0.1) is 0 Å². The first-order chi connectivity index (χ1) is 15.3. The van der Waals surface area contributed by atoms with Gasteiger partial charge in [-0.05, 0) is 70.4 Å². The van der Waals surface area contributed by atoms with Crippen LogP contribution in [-0.2, 0) is 16.7 Å². The zero-order valence-corrected chi connectivity index (χ0v) is 19.2. The summed E-state index contributed by atoms with van der Waals surface area (Å²) in [7, 11) is 1.67. The average molecular weight is 435 g/mol. The summed E-state index contributed by atoms with van der Waals surface area (Å²) in [5.74, 6) is 0.819. The minimum atomic E-state index is -0.467. The first kappa shape index (κ1) is 20.8. The molecule has 0 aliphatic carbocycles. The first-order valence-electron chi connectivity index (χ1n) is 11.3. The van der Waals surface area contributed by atoms with E-state index in [9.17, 15) is 4.79 Å². The second-order valence-electron chi connectivity index (χ2n) is 9.92. The van der Waals surface area contributed by atoms with Crippen LogP contribution in [-0.4, -0.2) is 51.6 Å². The summed E-state index contributed by atoms with van der Waals surface area (Å²) in [5.41, 5.74) is 3.79. The standard InChI is InChI=1S/C25H30N4O3/c1-24(2,3)32-23(30)28-10-7-25(8-11-28)9-12-29-22(25)15-21(27-29)18-13-17-14-19(31-4)5-6-20(17)26-16-18/h5-6,13-16H,7-12H2,1-4H3. The Bertz CT molecular complexity index is 1170. The summed E-state index contributed by atoms with van der Waals surface area (Å²) in [4.78, 5) is 18.9. The summed E-state index contributed by atoms with van der Waals surface area (Å²) in [6.07, 6.45) is 4.63. The number of hydrogen-bond donors (Lipinski definition) is 0. The van der Waals surface area contributed by atoms with Gasteiger partial charge in [0, 0.05) is 47.9 Å². The SMILES string of the molecule is COc1ccc2ncc(-c3cc4n(n3)CCC43CCN(C(=O)OC(C)(C)C)CC3)cc2c1. The van der Waals surface area contributed by atoms with Crippen molar-refractivity contribution in [1.82, 2.24) is 19.7 Å². The van der Waals surface area contributed by atoms with Gasteiger partial charge >= 0.3 is 6.09 Å². The highest BCUT2D eigenvalue weighted by Gasteiger charge is 2.44. The maximum atomic E-state index is 12.5. The fraction of sp³-hybridized carbons (Fsp3) is 0.480. The Hall–Kier alpha value is -3.09. The van der Waals surface area contributed by atoms with Gasteiger partial charge in [-0.2, -0.15) is 5.10 Å². The smallest absolute Gasteiger partial charge is 0.410 e. The summed E-state index contributed by atoms with van der Waals surface area (Å²) >= 11 is 0. The number of carbonyl (C=O) groups excluding carboxylic acids is 1. The van der Waals surface area contributed by atoms with Crippen molar-refractivity contribution in [1.29, 1.82) is 0 Å². The van der Waals surface area contributed by atoms with Crippen LogP contribution in [0.15, 0.2) is 36.5 Å². The molecule has 3 aromatic rings. The largest absolute Gasteiger partial charge is 0.497 e. The molecule has 0 N–H and O–H groups in total. The van der Waals surface area contributed by atoms with E-state index < -0.39 is 5.60 Å². The van der Waals surface area contributed by atoms with Gasteiger partial charge in [0.2, 0.25) is 0 Å². The Kier molecular flexibility index (Phi) is 4.87. The van der Waals surface area contributed by atoms with Crippen molar-refractivity contribution in [2.24, 2.45) is 0 Å². The number of pyridine rings is 1. The quantitative estimate of drug-likeness (QED) is 0.581. The summed E-state index contributed by atoms with van der Waals surface area (Å²) in [5, 5.41) is 5.94. The minimum Gasteiger partial charge on any atom is -0.497 e. The molecule has 2 aliphatic rings. The van der Waals surface area contributed by atoms with Gasteiger partial charge in [-0.25, -0.2) is 4.79 Å². The molecule has 4 heterocycles. The van der Waals surface area contributed by atoms with Gasteiger partial charge in [0.1, 0.15) is 11.4 Å². The number of aromatic nitrogens is 3. The van der Waals surface area contributed by atoms with Gasteiger partial charge in [0.15, 0.2) is 0 Å². The molecule has 0 atom stereocenters. The zero-order chi connectivity index (χ0) is 22.5. The molecule has 5 rings (SSSR count). The van der Waals surface area contributed by atoms with Crippen LogP contribution in [0.2, 0.25) is 0 Å². The molecular weight excluding hydrogens is 404 g/mol. The van der Waals surface area contributed by atoms with E-state index in [1.165, 1.54) is 5.69 Å². The monoisotopic (exact) mass is 434 g/mol. The number of likely N-dealkylation sites (tertiary alicyclic amines) is 1. The van der Waals surface area contributed by atoms with Crippen molar-refractivity contribution < 1.29 is 14.3 Å². The van der Waals surface area contributed by atoms with E-state index in [4.69, 9.17) is 14.6 Å². The Balaban J connectivity index is 1.37. The normalized spacial score (nSPS) is 17.6. The molecule has 32 heavy (non-hydrogen) atoms. The Morgan fingerprint density at radius 2 is 1.81 bits per heavy atom. The molecule has 1 amide bonds. The molecule has 0 unspecified atom stereocenters. The second kappa shape index (κ2) is 7.50. The number of fused-ring (bicyclic) bond motifs is 3. The molecule has 168 valence electrons. The summed E-state index contributed by atoms with van der Waals surface area (Å²) in [6, 6.07) is 10.2. The Labute approximate surface area is 188 Å². The van der Waals surface area contributed by atoms with Crippen molar-refractivity contribution in [3.8, 4) is 17.0 Å². The van der Waals surface area contributed by atoms with Crippen molar-refractivity contribution >= 4 is 17.0 Å². The number of piperidine rings is 1. The summed E-state index contributed by atoms with van der Waals surface area (Å²) in [6.45, 7) is 8.07. The maximum Gasteiger partial charge on any atom is 0.410 e.